The number of carbonyl (C=O) groups excluding carboxylic acids is 3. The number of anilines is 1. The molecule has 2 aromatic carbocycles. The number of rotatable bonds is 6. The van der Waals surface area contributed by atoms with Crippen LogP contribution in [0.3, 0.4) is 0 Å². The molecule has 0 radical (unpaired) electrons. The number of hydrogen-bond donors (Lipinski definition) is 3. The quantitative estimate of drug-likeness (QED) is 0.652. The molecule has 150 valence electrons. The van der Waals surface area contributed by atoms with Crippen LogP contribution in [-0.4, -0.2) is 35.7 Å². The number of piperidine rings is 1. The summed E-state index contributed by atoms with van der Waals surface area (Å²) in [4.78, 5) is 38.0. The van der Waals surface area contributed by atoms with Crippen molar-refractivity contribution in [1.29, 1.82) is 0 Å². The average molecular weight is 392 g/mol. The third kappa shape index (κ3) is 3.86. The predicted octanol–water partition coefficient (Wildman–Crippen LogP) is 1.78. The number of hydrogen-bond acceptors (Lipinski definition) is 5. The lowest BCUT2D eigenvalue weighted by Crippen LogP contribution is -2.52. The van der Waals surface area contributed by atoms with Gasteiger partial charge in [0.1, 0.15) is 6.04 Å². The Morgan fingerprint density at radius 2 is 1.93 bits per heavy atom. The summed E-state index contributed by atoms with van der Waals surface area (Å²) in [7, 11) is 1.90. The van der Waals surface area contributed by atoms with Crippen molar-refractivity contribution >= 4 is 23.4 Å². The first-order valence-corrected chi connectivity index (χ1v) is 9.79. The van der Waals surface area contributed by atoms with Crippen LogP contribution in [0.2, 0.25) is 0 Å². The van der Waals surface area contributed by atoms with Crippen LogP contribution in [0.25, 0.3) is 0 Å². The SMILES string of the molecule is CNc1ccccc1CNCc1ccc2c(c1)C(=O)N(C1CCC(=O)NC1=O)C2. The zero-order valence-electron chi connectivity index (χ0n) is 16.3. The second-order valence-corrected chi connectivity index (χ2v) is 7.40. The van der Waals surface area contributed by atoms with E-state index in [1.807, 2.05) is 43.4 Å². The van der Waals surface area contributed by atoms with Crippen LogP contribution in [-0.2, 0) is 29.2 Å². The van der Waals surface area contributed by atoms with Crippen LogP contribution in [0.4, 0.5) is 5.69 Å². The van der Waals surface area contributed by atoms with E-state index in [1.165, 1.54) is 5.56 Å². The van der Waals surface area contributed by atoms with E-state index in [0.717, 1.165) is 16.8 Å². The van der Waals surface area contributed by atoms with Crippen molar-refractivity contribution in [2.45, 2.75) is 38.5 Å². The molecule has 4 rings (SSSR count). The maximum atomic E-state index is 12.9. The van der Waals surface area contributed by atoms with Gasteiger partial charge in [-0.3, -0.25) is 19.7 Å². The normalized spacial score (nSPS) is 18.6. The Bertz CT molecular complexity index is 972. The van der Waals surface area contributed by atoms with Gasteiger partial charge in [-0.1, -0.05) is 30.3 Å². The van der Waals surface area contributed by atoms with E-state index in [1.54, 1.807) is 4.90 Å². The molecular formula is C22H24N4O3. The van der Waals surface area contributed by atoms with Gasteiger partial charge >= 0.3 is 0 Å². The lowest BCUT2D eigenvalue weighted by Gasteiger charge is -2.29. The summed E-state index contributed by atoms with van der Waals surface area (Å²) in [5.41, 5.74) is 4.85. The second kappa shape index (κ2) is 8.05. The van der Waals surface area contributed by atoms with Gasteiger partial charge in [0.2, 0.25) is 11.8 Å². The molecule has 29 heavy (non-hydrogen) atoms. The molecule has 7 heteroatoms. The Morgan fingerprint density at radius 1 is 1.10 bits per heavy atom. The van der Waals surface area contributed by atoms with Crippen LogP contribution in [0.1, 0.15) is 39.9 Å². The van der Waals surface area contributed by atoms with Gasteiger partial charge in [0.15, 0.2) is 0 Å². The maximum Gasteiger partial charge on any atom is 0.255 e. The van der Waals surface area contributed by atoms with Gasteiger partial charge in [0.25, 0.3) is 5.91 Å². The largest absolute Gasteiger partial charge is 0.388 e. The summed E-state index contributed by atoms with van der Waals surface area (Å²) in [6, 6.07) is 13.4. The minimum atomic E-state index is -0.577. The molecule has 1 atom stereocenters. The van der Waals surface area contributed by atoms with Crippen LogP contribution >= 0.6 is 0 Å². The van der Waals surface area contributed by atoms with Gasteiger partial charge in [-0.05, 0) is 35.2 Å². The Balaban J connectivity index is 1.41. The van der Waals surface area contributed by atoms with E-state index < -0.39 is 6.04 Å². The van der Waals surface area contributed by atoms with Gasteiger partial charge in [-0.15, -0.1) is 0 Å². The molecular weight excluding hydrogens is 368 g/mol. The van der Waals surface area contributed by atoms with Crippen LogP contribution in [0.5, 0.6) is 0 Å². The molecule has 3 N–H and O–H groups in total. The number of fused-ring (bicyclic) bond motifs is 1. The Morgan fingerprint density at radius 3 is 2.72 bits per heavy atom. The summed E-state index contributed by atoms with van der Waals surface area (Å²) < 4.78 is 0. The van der Waals surface area contributed by atoms with Gasteiger partial charge in [0, 0.05) is 44.4 Å². The molecule has 2 aliphatic heterocycles. The Kier molecular flexibility index (Phi) is 5.31. The molecule has 2 aromatic rings. The smallest absolute Gasteiger partial charge is 0.255 e. The standard InChI is InChI=1S/C22H24N4O3/c1-23-18-5-3-2-4-15(18)12-24-11-14-6-7-16-13-26(22(29)17(16)10-14)19-8-9-20(27)25-21(19)28/h2-7,10,19,23-24H,8-9,11-13H2,1H3,(H,25,27,28). The summed E-state index contributed by atoms with van der Waals surface area (Å²) >= 11 is 0. The van der Waals surface area contributed by atoms with Crippen molar-refractivity contribution in [3.63, 3.8) is 0 Å². The molecule has 3 amide bonds. The van der Waals surface area contributed by atoms with Crippen molar-refractivity contribution in [3.8, 4) is 0 Å². The molecule has 2 heterocycles. The number of nitrogens with zero attached hydrogens (tertiary/aromatic N) is 1. The Hall–Kier alpha value is -3.19. The summed E-state index contributed by atoms with van der Waals surface area (Å²) in [6.07, 6.45) is 0.642. The molecule has 1 fully saturated rings. The predicted molar refractivity (Wildman–Crippen MR) is 109 cm³/mol. The number of amides is 3. The van der Waals surface area contributed by atoms with Crippen molar-refractivity contribution in [2.75, 3.05) is 12.4 Å². The van der Waals surface area contributed by atoms with Gasteiger partial charge < -0.3 is 15.5 Å². The number of imide groups is 1. The van der Waals surface area contributed by atoms with Crippen molar-refractivity contribution in [2.24, 2.45) is 0 Å². The fourth-order valence-corrected chi connectivity index (χ4v) is 3.97. The van der Waals surface area contributed by atoms with E-state index in [9.17, 15) is 14.4 Å². The Labute approximate surface area is 169 Å². The molecule has 0 aliphatic carbocycles. The van der Waals surface area contributed by atoms with Gasteiger partial charge in [-0.2, -0.15) is 0 Å². The summed E-state index contributed by atoms with van der Waals surface area (Å²) in [6.45, 7) is 1.76. The molecule has 2 aliphatic rings. The number of benzene rings is 2. The first-order chi connectivity index (χ1) is 14.1. The fraction of sp³-hybridized carbons (Fsp3) is 0.318. The second-order valence-electron chi connectivity index (χ2n) is 7.40. The molecule has 0 aromatic heterocycles. The average Bonchev–Trinajstić information content (AvgIpc) is 3.04. The topological polar surface area (TPSA) is 90.5 Å². The van der Waals surface area contributed by atoms with E-state index in [2.05, 4.69) is 22.0 Å². The maximum absolute atomic E-state index is 12.9. The van der Waals surface area contributed by atoms with Crippen LogP contribution in [0.15, 0.2) is 42.5 Å². The van der Waals surface area contributed by atoms with Gasteiger partial charge in [-0.25, -0.2) is 0 Å². The number of carbonyl (C=O) groups is 3. The van der Waals surface area contributed by atoms with Crippen molar-refractivity contribution < 1.29 is 14.4 Å². The third-order valence-corrected chi connectivity index (χ3v) is 5.52. The molecule has 0 saturated carbocycles. The fourth-order valence-electron chi connectivity index (χ4n) is 3.97. The first-order valence-electron chi connectivity index (χ1n) is 9.79. The molecule has 7 nitrogen and oxygen atoms in total. The minimum Gasteiger partial charge on any atom is -0.388 e. The highest BCUT2D eigenvalue weighted by Gasteiger charge is 2.39. The van der Waals surface area contributed by atoms with E-state index >= 15 is 0 Å². The monoisotopic (exact) mass is 392 g/mol. The van der Waals surface area contributed by atoms with Crippen LogP contribution in [0, 0.1) is 0 Å². The highest BCUT2D eigenvalue weighted by molar-refractivity contribution is 6.05. The van der Waals surface area contributed by atoms with Gasteiger partial charge in [0.05, 0.1) is 0 Å². The highest BCUT2D eigenvalue weighted by Crippen LogP contribution is 2.28. The third-order valence-electron chi connectivity index (χ3n) is 5.52. The lowest BCUT2D eigenvalue weighted by atomic mass is 10.0. The zero-order valence-corrected chi connectivity index (χ0v) is 16.3. The van der Waals surface area contributed by atoms with Crippen molar-refractivity contribution in [3.05, 3.63) is 64.7 Å². The summed E-state index contributed by atoms with van der Waals surface area (Å²) in [5.74, 6) is -0.798. The zero-order chi connectivity index (χ0) is 20.4. The summed E-state index contributed by atoms with van der Waals surface area (Å²) in [5, 5.41) is 8.93. The highest BCUT2D eigenvalue weighted by atomic mass is 16.2. The molecule has 1 unspecified atom stereocenters. The van der Waals surface area contributed by atoms with Crippen LogP contribution < -0.4 is 16.0 Å². The van der Waals surface area contributed by atoms with E-state index in [0.29, 0.717) is 31.6 Å². The van der Waals surface area contributed by atoms with E-state index in [4.69, 9.17) is 0 Å². The molecule has 0 spiro atoms. The molecule has 0 bridgehead atoms. The van der Waals surface area contributed by atoms with Crippen molar-refractivity contribution in [1.82, 2.24) is 15.5 Å². The lowest BCUT2D eigenvalue weighted by molar-refractivity contribution is -0.136. The van der Waals surface area contributed by atoms with E-state index in [-0.39, 0.29) is 24.1 Å². The number of nitrogens with one attached hydrogen (secondary N) is 3. The first kappa shape index (κ1) is 19.1. The minimum absolute atomic E-state index is 0.142. The number of para-hydroxylation sites is 1. The molecule has 1 saturated heterocycles.